The maximum Gasteiger partial charge on any atom is 0.230 e. The molecule has 0 aliphatic heterocycles. The summed E-state index contributed by atoms with van der Waals surface area (Å²) in [5.41, 5.74) is 15.4. The summed E-state index contributed by atoms with van der Waals surface area (Å²) in [5, 5.41) is 13.2. The lowest BCUT2D eigenvalue weighted by molar-refractivity contribution is -0.117. The first kappa shape index (κ1) is 16.8. The highest BCUT2D eigenvalue weighted by Gasteiger charge is 2.43. The number of rotatable bonds is 3. The summed E-state index contributed by atoms with van der Waals surface area (Å²) in [6.07, 6.45) is 2.20. The molecule has 1 saturated carbocycles. The number of hydrogen-bond donors (Lipinski definition) is 3. The van der Waals surface area contributed by atoms with E-state index in [9.17, 15) is 4.79 Å². The Morgan fingerprint density at radius 2 is 2.15 bits per heavy atom. The number of nitriles is 1. The Balaban J connectivity index is 1.71. The van der Waals surface area contributed by atoms with Crippen LogP contribution in [0.5, 0.6) is 0 Å². The minimum atomic E-state index is -0.250. The molecule has 3 aromatic rings. The maximum absolute atomic E-state index is 12.2. The van der Waals surface area contributed by atoms with Gasteiger partial charge in [-0.05, 0) is 42.5 Å². The summed E-state index contributed by atoms with van der Waals surface area (Å²) in [6, 6.07) is 11.4. The Morgan fingerprint density at radius 1 is 1.33 bits per heavy atom. The highest BCUT2D eigenvalue weighted by molar-refractivity contribution is 5.98. The fraction of sp³-hybridized carbons (Fsp3) is 0.200. The number of hydrogen-bond acceptors (Lipinski definition) is 6. The van der Waals surface area contributed by atoms with E-state index in [1.54, 1.807) is 12.3 Å². The number of pyridine rings is 2. The molecule has 0 saturated heterocycles. The summed E-state index contributed by atoms with van der Waals surface area (Å²) >= 11 is 0. The molecule has 5 N–H and O–H groups in total. The number of nitrogens with zero attached hydrogens (tertiary/aromatic N) is 3. The number of nitrogens with two attached hydrogens (primary N) is 2. The smallest absolute Gasteiger partial charge is 0.230 e. The first-order valence-electron chi connectivity index (χ1n) is 8.60. The summed E-state index contributed by atoms with van der Waals surface area (Å²) in [4.78, 5) is 20.9. The molecule has 7 nitrogen and oxygen atoms in total. The van der Waals surface area contributed by atoms with Crippen molar-refractivity contribution in [2.45, 2.75) is 13.3 Å². The Hall–Kier alpha value is -3.66. The normalized spacial score (nSPS) is 18.1. The third kappa shape index (κ3) is 3.02. The lowest BCUT2D eigenvalue weighted by Crippen LogP contribution is -2.15. The van der Waals surface area contributed by atoms with Gasteiger partial charge in [-0.1, -0.05) is 12.1 Å². The van der Waals surface area contributed by atoms with Crippen molar-refractivity contribution in [3.05, 3.63) is 42.1 Å². The van der Waals surface area contributed by atoms with Crippen LogP contribution < -0.4 is 16.8 Å². The molecular formula is C20H18N6O. The van der Waals surface area contributed by atoms with E-state index in [1.807, 2.05) is 31.2 Å². The number of benzene rings is 1. The lowest BCUT2D eigenvalue weighted by Gasteiger charge is -2.11. The first-order valence-corrected chi connectivity index (χ1v) is 8.60. The van der Waals surface area contributed by atoms with Crippen molar-refractivity contribution >= 4 is 34.0 Å². The summed E-state index contributed by atoms with van der Waals surface area (Å²) in [7, 11) is 0. The second kappa shape index (κ2) is 6.25. The van der Waals surface area contributed by atoms with Gasteiger partial charge in [0.15, 0.2) is 0 Å². The highest BCUT2D eigenvalue weighted by atomic mass is 16.2. The topological polar surface area (TPSA) is 131 Å². The average Bonchev–Trinajstić information content (AvgIpc) is 3.44. The van der Waals surface area contributed by atoms with Crippen LogP contribution >= 0.6 is 0 Å². The number of aromatic nitrogens is 2. The van der Waals surface area contributed by atoms with Gasteiger partial charge in [0, 0.05) is 22.8 Å². The Kier molecular flexibility index (Phi) is 3.89. The molecule has 7 heteroatoms. The lowest BCUT2D eigenvalue weighted by atomic mass is 10.0. The number of carbonyl (C=O) groups is 1. The molecule has 134 valence electrons. The number of nitrogen functional groups attached to an aromatic ring is 2. The van der Waals surface area contributed by atoms with Crippen LogP contribution in [0.25, 0.3) is 22.0 Å². The van der Waals surface area contributed by atoms with Crippen LogP contribution in [0.4, 0.5) is 17.3 Å². The van der Waals surface area contributed by atoms with Crippen molar-refractivity contribution in [3.63, 3.8) is 0 Å². The molecule has 4 rings (SSSR count). The molecule has 0 bridgehead atoms. The van der Waals surface area contributed by atoms with E-state index in [0.29, 0.717) is 34.8 Å². The Labute approximate surface area is 156 Å². The van der Waals surface area contributed by atoms with Gasteiger partial charge < -0.3 is 16.8 Å². The summed E-state index contributed by atoms with van der Waals surface area (Å²) in [6.45, 7) is 1.94. The van der Waals surface area contributed by atoms with Crippen LogP contribution in [-0.4, -0.2) is 15.9 Å². The standard InChI is InChI=1S/C20H18N6O/c1-10-13(3-2-4-16(10)22)17-6-11-7-18(24-9-15(11)19(23)25-17)26-20(27)14-5-12(14)8-21/h2-4,6-7,9,12,14H,5,22H2,1H3,(H2,23,25)(H,24,26,27)/t12-,14?/m1/s1. The van der Waals surface area contributed by atoms with Crippen LogP contribution in [0.2, 0.25) is 0 Å². The molecule has 27 heavy (non-hydrogen) atoms. The quantitative estimate of drug-likeness (QED) is 0.617. The predicted molar refractivity (Wildman–Crippen MR) is 104 cm³/mol. The third-order valence-electron chi connectivity index (χ3n) is 4.94. The minimum Gasteiger partial charge on any atom is -0.398 e. The predicted octanol–water partition coefficient (Wildman–Crippen LogP) is 2.87. The SMILES string of the molecule is Cc1c(N)cccc1-c1cc2cc(NC(=O)C3C[C@@H]3C#N)ncc2c(N)n1. The molecule has 1 fully saturated rings. The van der Waals surface area contributed by atoms with E-state index in [1.165, 1.54) is 0 Å². The third-order valence-corrected chi connectivity index (χ3v) is 4.94. The molecule has 0 spiro atoms. The zero-order valence-corrected chi connectivity index (χ0v) is 14.7. The minimum absolute atomic E-state index is 0.178. The van der Waals surface area contributed by atoms with E-state index >= 15 is 0 Å². The average molecular weight is 358 g/mol. The number of nitrogens with one attached hydrogen (secondary N) is 1. The zero-order valence-electron chi connectivity index (χ0n) is 14.7. The Morgan fingerprint density at radius 3 is 2.89 bits per heavy atom. The Bertz CT molecular complexity index is 1120. The molecule has 1 unspecified atom stereocenters. The van der Waals surface area contributed by atoms with Crippen LogP contribution in [0, 0.1) is 30.1 Å². The van der Waals surface area contributed by atoms with E-state index in [-0.39, 0.29) is 17.7 Å². The molecule has 1 aliphatic rings. The van der Waals surface area contributed by atoms with Crippen molar-refractivity contribution in [2.75, 3.05) is 16.8 Å². The molecule has 2 heterocycles. The van der Waals surface area contributed by atoms with E-state index < -0.39 is 0 Å². The number of fused-ring (bicyclic) bond motifs is 1. The molecular weight excluding hydrogens is 340 g/mol. The zero-order chi connectivity index (χ0) is 19.1. The second-order valence-corrected chi connectivity index (χ2v) is 6.77. The fourth-order valence-electron chi connectivity index (χ4n) is 3.16. The van der Waals surface area contributed by atoms with Gasteiger partial charge in [0.05, 0.1) is 23.6 Å². The molecule has 1 aromatic carbocycles. The van der Waals surface area contributed by atoms with Crippen LogP contribution in [0.15, 0.2) is 36.5 Å². The van der Waals surface area contributed by atoms with E-state index in [2.05, 4.69) is 21.4 Å². The van der Waals surface area contributed by atoms with E-state index in [4.69, 9.17) is 16.7 Å². The van der Waals surface area contributed by atoms with Gasteiger partial charge in [-0.15, -0.1) is 0 Å². The highest BCUT2D eigenvalue weighted by Crippen LogP contribution is 2.38. The molecule has 2 atom stereocenters. The van der Waals surface area contributed by atoms with Crippen molar-refractivity contribution in [3.8, 4) is 17.3 Å². The number of amides is 1. The van der Waals surface area contributed by atoms with Gasteiger partial charge >= 0.3 is 0 Å². The van der Waals surface area contributed by atoms with Crippen molar-refractivity contribution in [1.82, 2.24) is 9.97 Å². The van der Waals surface area contributed by atoms with Gasteiger partial charge in [0.2, 0.25) is 5.91 Å². The molecule has 1 aliphatic carbocycles. The largest absolute Gasteiger partial charge is 0.398 e. The molecule has 1 amide bonds. The summed E-state index contributed by atoms with van der Waals surface area (Å²) < 4.78 is 0. The van der Waals surface area contributed by atoms with Crippen LogP contribution in [0.1, 0.15) is 12.0 Å². The number of anilines is 3. The maximum atomic E-state index is 12.2. The van der Waals surface area contributed by atoms with Crippen LogP contribution in [0.3, 0.4) is 0 Å². The fourth-order valence-corrected chi connectivity index (χ4v) is 3.16. The first-order chi connectivity index (χ1) is 13.0. The second-order valence-electron chi connectivity index (χ2n) is 6.77. The number of carbonyl (C=O) groups excluding carboxylic acids is 1. The summed E-state index contributed by atoms with van der Waals surface area (Å²) in [5.74, 6) is 0.171. The van der Waals surface area contributed by atoms with Gasteiger partial charge in [-0.2, -0.15) is 5.26 Å². The van der Waals surface area contributed by atoms with Gasteiger partial charge in [0.25, 0.3) is 0 Å². The van der Waals surface area contributed by atoms with Crippen molar-refractivity contribution in [1.29, 1.82) is 5.26 Å². The van der Waals surface area contributed by atoms with Crippen molar-refractivity contribution < 1.29 is 4.79 Å². The van der Waals surface area contributed by atoms with Crippen LogP contribution in [-0.2, 0) is 4.79 Å². The van der Waals surface area contributed by atoms with Gasteiger partial charge in [-0.3, -0.25) is 4.79 Å². The van der Waals surface area contributed by atoms with Gasteiger partial charge in [-0.25, -0.2) is 9.97 Å². The monoisotopic (exact) mass is 358 g/mol. The molecule has 0 radical (unpaired) electrons. The van der Waals surface area contributed by atoms with Gasteiger partial charge in [0.1, 0.15) is 11.6 Å². The molecule has 2 aromatic heterocycles. The van der Waals surface area contributed by atoms with E-state index in [0.717, 1.165) is 16.5 Å². The van der Waals surface area contributed by atoms with Crippen molar-refractivity contribution in [2.24, 2.45) is 11.8 Å².